The van der Waals surface area contributed by atoms with E-state index < -0.39 is 0 Å². The summed E-state index contributed by atoms with van der Waals surface area (Å²) in [4.78, 5) is 5.46. The van der Waals surface area contributed by atoms with Crippen LogP contribution in [0.3, 0.4) is 0 Å². The van der Waals surface area contributed by atoms with Crippen molar-refractivity contribution >= 4 is 0 Å². The number of hydrogen-bond acceptors (Lipinski definition) is 6. The molecule has 8 atom stereocenters. The zero-order valence-corrected chi connectivity index (χ0v) is 26.9. The minimum atomic E-state index is 0.408. The lowest BCUT2D eigenvalue weighted by Crippen LogP contribution is -2.45. The molecule has 2 saturated carbocycles. The molecule has 236 valence electrons. The minimum Gasteiger partial charge on any atom is -0.292 e. The number of fused-ring (bicyclic) bond motifs is 4. The number of aromatic nitrogens is 6. The van der Waals surface area contributed by atoms with E-state index in [4.69, 9.17) is 0 Å². The smallest absolute Gasteiger partial charge is 0.0827 e. The fourth-order valence-corrected chi connectivity index (χ4v) is 9.34. The van der Waals surface area contributed by atoms with Gasteiger partial charge in [0.2, 0.25) is 0 Å². The summed E-state index contributed by atoms with van der Waals surface area (Å²) in [5.41, 5.74) is 5.01. The molecule has 8 rings (SSSR count). The van der Waals surface area contributed by atoms with Gasteiger partial charge in [-0.05, 0) is 94.6 Å². The summed E-state index contributed by atoms with van der Waals surface area (Å²) < 4.78 is 4.39. The van der Waals surface area contributed by atoms with Crippen LogP contribution in [0.15, 0.2) is 73.1 Å². The number of piperidine rings is 2. The molecule has 4 aliphatic rings. The molecule has 2 aromatic heterocycles. The second-order valence-corrected chi connectivity index (χ2v) is 14.4. The van der Waals surface area contributed by atoms with Crippen molar-refractivity contribution < 1.29 is 0 Å². The molecular weight excluding hydrogens is 556 g/mol. The quantitative estimate of drug-likeness (QED) is 0.203. The Kier molecular flexibility index (Phi) is 8.04. The van der Waals surface area contributed by atoms with Crippen LogP contribution in [0, 0.1) is 11.8 Å². The van der Waals surface area contributed by atoms with E-state index in [0.717, 1.165) is 43.7 Å². The molecule has 2 saturated heterocycles. The Balaban J connectivity index is 0.878. The first-order valence-corrected chi connectivity index (χ1v) is 17.5. The van der Waals surface area contributed by atoms with Gasteiger partial charge in [0.25, 0.3) is 0 Å². The lowest BCUT2D eigenvalue weighted by molar-refractivity contribution is 0.0688. The van der Waals surface area contributed by atoms with Crippen molar-refractivity contribution in [2.45, 2.75) is 108 Å². The van der Waals surface area contributed by atoms with Crippen molar-refractivity contribution in [2.75, 3.05) is 13.1 Å². The van der Waals surface area contributed by atoms with Crippen LogP contribution in [0.5, 0.6) is 0 Å². The van der Waals surface area contributed by atoms with E-state index in [2.05, 4.69) is 127 Å². The molecule has 4 heterocycles. The number of likely N-dealkylation sites (tertiary alicyclic amines) is 2. The molecule has 4 bridgehead atoms. The van der Waals surface area contributed by atoms with Gasteiger partial charge >= 0.3 is 0 Å². The molecule has 45 heavy (non-hydrogen) atoms. The average molecular weight is 605 g/mol. The zero-order valence-electron chi connectivity index (χ0n) is 26.9. The fraction of sp³-hybridized carbons (Fsp3) is 0.568. The fourth-order valence-electron chi connectivity index (χ4n) is 9.34. The van der Waals surface area contributed by atoms with Gasteiger partial charge in [-0.25, -0.2) is 9.36 Å². The summed E-state index contributed by atoms with van der Waals surface area (Å²) >= 11 is 0. The second kappa shape index (κ2) is 12.4. The standard InChI is InChI=1S/C37H48N8/c1-26(28-10-5-3-6-11-28)42-24-36(30-16-18-34(42)20-30)44-22-32(38-40-44)14-9-15-33-23-45(41-39-33)37-25-43(35-19-17-31(37)21-35)27(2)29-12-7-4-8-13-29/h3-8,10-13,22-23,26-27,30-31,34-37H,9,14-21,24-25H2,1-2H3/t26-,27-,30+,31+,34-,35-,36-,37-/m0/s1. The number of nitrogens with zero attached hydrogens (tertiary/aromatic N) is 8. The van der Waals surface area contributed by atoms with Crippen molar-refractivity contribution in [1.29, 1.82) is 0 Å². The molecule has 2 aliphatic heterocycles. The van der Waals surface area contributed by atoms with Crippen LogP contribution >= 0.6 is 0 Å². The van der Waals surface area contributed by atoms with Gasteiger partial charge in [-0.1, -0.05) is 71.1 Å². The van der Waals surface area contributed by atoms with Gasteiger partial charge in [0, 0.05) is 49.7 Å². The number of aryl methyl sites for hydroxylation is 2. The average Bonchev–Trinajstić information content (AvgIpc) is 3.91. The highest BCUT2D eigenvalue weighted by Crippen LogP contribution is 2.46. The Morgan fingerprint density at radius 1 is 0.622 bits per heavy atom. The van der Waals surface area contributed by atoms with Gasteiger partial charge in [-0.15, -0.1) is 10.2 Å². The maximum atomic E-state index is 4.68. The summed E-state index contributed by atoms with van der Waals surface area (Å²) in [7, 11) is 0. The van der Waals surface area contributed by atoms with E-state index in [0.29, 0.717) is 48.1 Å². The van der Waals surface area contributed by atoms with E-state index in [1.165, 1.54) is 49.7 Å². The maximum absolute atomic E-state index is 4.68. The van der Waals surface area contributed by atoms with Gasteiger partial charge in [0.15, 0.2) is 0 Å². The first-order valence-electron chi connectivity index (χ1n) is 17.5. The molecule has 0 N–H and O–H groups in total. The number of benzene rings is 2. The topological polar surface area (TPSA) is 67.9 Å². The SMILES string of the molecule is C[C@@H](c1ccccc1)N1C[C@H](n2cc(CCCc3cn([C@H]4CN([C@@H](C)c5ccccc5)[C@H]5CC[C@@H]4C5)nn3)nn2)[C@@H]2CC[C@H]1C2. The van der Waals surface area contributed by atoms with Gasteiger partial charge in [-0.3, -0.25) is 9.80 Å². The monoisotopic (exact) mass is 604 g/mol. The summed E-state index contributed by atoms with van der Waals surface area (Å²) in [6.45, 7) is 6.85. The zero-order chi connectivity index (χ0) is 30.3. The Morgan fingerprint density at radius 2 is 1.07 bits per heavy atom. The Labute approximate surface area is 267 Å². The molecule has 0 spiro atoms. The van der Waals surface area contributed by atoms with Gasteiger partial charge in [-0.2, -0.15) is 0 Å². The molecule has 2 aliphatic carbocycles. The van der Waals surface area contributed by atoms with Gasteiger partial charge in [0.1, 0.15) is 0 Å². The predicted octanol–water partition coefficient (Wildman–Crippen LogP) is 6.62. The molecule has 8 heteroatoms. The van der Waals surface area contributed by atoms with E-state index in [-0.39, 0.29) is 0 Å². The third-order valence-corrected chi connectivity index (χ3v) is 11.9. The number of rotatable bonds is 10. The summed E-state index contributed by atoms with van der Waals surface area (Å²) in [5.74, 6) is 1.42. The van der Waals surface area contributed by atoms with Crippen LogP contribution < -0.4 is 0 Å². The van der Waals surface area contributed by atoms with Gasteiger partial charge in [0.05, 0.1) is 23.5 Å². The Morgan fingerprint density at radius 3 is 1.51 bits per heavy atom. The molecular formula is C37H48N8. The molecule has 8 nitrogen and oxygen atoms in total. The second-order valence-electron chi connectivity index (χ2n) is 14.4. The largest absolute Gasteiger partial charge is 0.292 e. The molecule has 0 amide bonds. The van der Waals surface area contributed by atoms with Crippen LogP contribution in [-0.2, 0) is 12.8 Å². The van der Waals surface area contributed by atoms with E-state index in [9.17, 15) is 0 Å². The normalized spacial score (nSPS) is 29.6. The van der Waals surface area contributed by atoms with Crippen LogP contribution in [-0.4, -0.2) is 65.0 Å². The molecule has 4 aromatic rings. The first kappa shape index (κ1) is 29.1. The highest BCUT2D eigenvalue weighted by Gasteiger charge is 2.44. The molecule has 2 aromatic carbocycles. The molecule has 0 unspecified atom stereocenters. The highest BCUT2D eigenvalue weighted by atomic mass is 15.5. The molecule has 0 radical (unpaired) electrons. The van der Waals surface area contributed by atoms with E-state index in [1.807, 2.05) is 0 Å². The van der Waals surface area contributed by atoms with Crippen LogP contribution in [0.25, 0.3) is 0 Å². The van der Waals surface area contributed by atoms with Gasteiger partial charge < -0.3 is 0 Å². The third-order valence-electron chi connectivity index (χ3n) is 11.9. The van der Waals surface area contributed by atoms with Crippen LogP contribution in [0.4, 0.5) is 0 Å². The van der Waals surface area contributed by atoms with Crippen LogP contribution in [0.1, 0.15) is 105 Å². The lowest BCUT2D eigenvalue weighted by Gasteiger charge is -2.42. The predicted molar refractivity (Wildman–Crippen MR) is 176 cm³/mol. The minimum absolute atomic E-state index is 0.408. The van der Waals surface area contributed by atoms with Crippen molar-refractivity contribution in [3.05, 3.63) is 95.6 Å². The van der Waals surface area contributed by atoms with Crippen molar-refractivity contribution in [2.24, 2.45) is 11.8 Å². The molecule has 4 fully saturated rings. The first-order chi connectivity index (χ1) is 22.1. The summed E-state index contributed by atoms with van der Waals surface area (Å²) in [6, 6.07) is 25.0. The summed E-state index contributed by atoms with van der Waals surface area (Å²) in [6.07, 6.45) is 15.1. The van der Waals surface area contributed by atoms with Crippen molar-refractivity contribution in [3.63, 3.8) is 0 Å². The maximum Gasteiger partial charge on any atom is 0.0827 e. The van der Waals surface area contributed by atoms with E-state index >= 15 is 0 Å². The Bertz CT molecular complexity index is 1430. The van der Waals surface area contributed by atoms with Crippen molar-refractivity contribution in [3.8, 4) is 0 Å². The van der Waals surface area contributed by atoms with Crippen molar-refractivity contribution in [1.82, 2.24) is 39.8 Å². The van der Waals surface area contributed by atoms with E-state index in [1.54, 1.807) is 0 Å². The Hall–Kier alpha value is -3.36. The van der Waals surface area contributed by atoms with Crippen LogP contribution in [0.2, 0.25) is 0 Å². The third kappa shape index (κ3) is 5.76. The number of hydrogen-bond donors (Lipinski definition) is 0. The highest BCUT2D eigenvalue weighted by molar-refractivity contribution is 5.20. The lowest BCUT2D eigenvalue weighted by atomic mass is 9.91. The summed E-state index contributed by atoms with van der Waals surface area (Å²) in [5, 5.41) is 18.6.